The summed E-state index contributed by atoms with van der Waals surface area (Å²) >= 11 is 0. The topological polar surface area (TPSA) is 54.7 Å². The number of aromatic nitrogens is 3. The first kappa shape index (κ1) is 10.8. The zero-order valence-electron chi connectivity index (χ0n) is 10.1. The maximum absolute atomic E-state index is 5.63. The predicted molar refractivity (Wildman–Crippen MR) is 68.9 cm³/mol. The Kier molecular flexibility index (Phi) is 2.68. The van der Waals surface area contributed by atoms with E-state index < -0.39 is 0 Å². The fourth-order valence-corrected chi connectivity index (χ4v) is 1.78. The van der Waals surface area contributed by atoms with E-state index in [2.05, 4.69) is 22.1 Å². The number of aryl methyl sites for hydroxylation is 1. The molecule has 0 aliphatic carbocycles. The van der Waals surface area contributed by atoms with Crippen molar-refractivity contribution in [2.45, 2.75) is 13.3 Å². The zero-order valence-corrected chi connectivity index (χ0v) is 10.1. The Hall–Kier alpha value is -2.36. The van der Waals surface area contributed by atoms with Gasteiger partial charge in [0.2, 0.25) is 0 Å². The number of hydrogen-bond acceptors (Lipinski definition) is 3. The predicted octanol–water partition coefficient (Wildman–Crippen LogP) is 3.29. The molecule has 18 heavy (non-hydrogen) atoms. The van der Waals surface area contributed by atoms with Crippen molar-refractivity contribution in [3.63, 3.8) is 0 Å². The highest BCUT2D eigenvalue weighted by atomic mass is 16.3. The molecule has 0 saturated carbocycles. The monoisotopic (exact) mass is 239 g/mol. The second-order valence-corrected chi connectivity index (χ2v) is 3.99. The lowest BCUT2D eigenvalue weighted by Gasteiger charge is -1.92. The van der Waals surface area contributed by atoms with Gasteiger partial charge in [-0.05, 0) is 12.1 Å². The molecule has 3 rings (SSSR count). The maximum atomic E-state index is 5.63. The first-order valence-corrected chi connectivity index (χ1v) is 5.93. The molecule has 2 heterocycles. The number of hydrogen-bond donors (Lipinski definition) is 1. The van der Waals surface area contributed by atoms with E-state index in [0.29, 0.717) is 11.6 Å². The quantitative estimate of drug-likeness (QED) is 0.763. The van der Waals surface area contributed by atoms with Gasteiger partial charge in [0.25, 0.3) is 0 Å². The van der Waals surface area contributed by atoms with Crippen molar-refractivity contribution in [1.82, 2.24) is 15.2 Å². The van der Waals surface area contributed by atoms with Gasteiger partial charge in [0.05, 0.1) is 0 Å². The van der Waals surface area contributed by atoms with Crippen LogP contribution in [0.2, 0.25) is 0 Å². The second kappa shape index (κ2) is 4.49. The lowest BCUT2D eigenvalue weighted by Crippen LogP contribution is -1.79. The first-order chi connectivity index (χ1) is 8.86. The average Bonchev–Trinajstić information content (AvgIpc) is 3.08. The number of rotatable bonds is 3. The number of nitrogens with zero attached hydrogens (tertiary/aromatic N) is 2. The Bertz CT molecular complexity index is 640. The number of furan rings is 1. The molecule has 0 unspecified atom stereocenters. The minimum Gasteiger partial charge on any atom is -0.458 e. The SMILES string of the molecule is CCc1ccc(-c2nc(-c3ccccc3)n[nH]2)o1. The van der Waals surface area contributed by atoms with Gasteiger partial charge >= 0.3 is 0 Å². The van der Waals surface area contributed by atoms with Crippen molar-refractivity contribution in [2.24, 2.45) is 0 Å². The molecule has 3 aromatic rings. The Morgan fingerprint density at radius 1 is 1.11 bits per heavy atom. The van der Waals surface area contributed by atoms with E-state index in [4.69, 9.17) is 4.42 Å². The molecule has 0 spiro atoms. The Balaban J connectivity index is 1.94. The molecule has 90 valence electrons. The van der Waals surface area contributed by atoms with Crippen molar-refractivity contribution in [3.05, 3.63) is 48.2 Å². The molecule has 0 fully saturated rings. The van der Waals surface area contributed by atoms with E-state index in [1.165, 1.54) is 0 Å². The summed E-state index contributed by atoms with van der Waals surface area (Å²) in [6.07, 6.45) is 0.875. The Morgan fingerprint density at radius 3 is 2.67 bits per heavy atom. The molecule has 0 saturated heterocycles. The summed E-state index contributed by atoms with van der Waals surface area (Å²) in [7, 11) is 0. The molecule has 0 atom stereocenters. The van der Waals surface area contributed by atoms with Crippen molar-refractivity contribution in [3.8, 4) is 23.0 Å². The van der Waals surface area contributed by atoms with Crippen molar-refractivity contribution in [2.75, 3.05) is 0 Å². The number of benzene rings is 1. The van der Waals surface area contributed by atoms with Crippen LogP contribution in [-0.4, -0.2) is 15.2 Å². The minimum absolute atomic E-state index is 0.661. The minimum atomic E-state index is 0.661. The second-order valence-electron chi connectivity index (χ2n) is 3.99. The van der Waals surface area contributed by atoms with E-state index in [0.717, 1.165) is 23.5 Å². The standard InChI is InChI=1S/C14H13N3O/c1-2-11-8-9-12(18-11)14-15-13(16-17-14)10-6-4-3-5-7-10/h3-9H,2H2,1H3,(H,15,16,17). The van der Waals surface area contributed by atoms with Gasteiger partial charge in [0, 0.05) is 12.0 Å². The van der Waals surface area contributed by atoms with Crippen LogP contribution in [0.4, 0.5) is 0 Å². The van der Waals surface area contributed by atoms with Crippen LogP contribution in [0.15, 0.2) is 46.9 Å². The van der Waals surface area contributed by atoms with Crippen LogP contribution in [0.3, 0.4) is 0 Å². The van der Waals surface area contributed by atoms with Gasteiger partial charge in [0.15, 0.2) is 17.4 Å². The van der Waals surface area contributed by atoms with E-state index >= 15 is 0 Å². The average molecular weight is 239 g/mol. The highest BCUT2D eigenvalue weighted by molar-refractivity contribution is 5.58. The smallest absolute Gasteiger partial charge is 0.192 e. The number of aromatic amines is 1. The third kappa shape index (κ3) is 1.93. The normalized spacial score (nSPS) is 10.7. The van der Waals surface area contributed by atoms with Crippen molar-refractivity contribution in [1.29, 1.82) is 0 Å². The van der Waals surface area contributed by atoms with Gasteiger partial charge in [-0.15, -0.1) is 0 Å². The van der Waals surface area contributed by atoms with Crippen LogP contribution < -0.4 is 0 Å². The van der Waals surface area contributed by atoms with E-state index in [9.17, 15) is 0 Å². The van der Waals surface area contributed by atoms with Gasteiger partial charge < -0.3 is 4.42 Å². The van der Waals surface area contributed by atoms with Crippen LogP contribution in [0.25, 0.3) is 23.0 Å². The van der Waals surface area contributed by atoms with Crippen LogP contribution >= 0.6 is 0 Å². The van der Waals surface area contributed by atoms with Gasteiger partial charge in [-0.25, -0.2) is 4.98 Å². The van der Waals surface area contributed by atoms with Gasteiger partial charge in [0.1, 0.15) is 5.76 Å². The van der Waals surface area contributed by atoms with Gasteiger partial charge in [-0.3, -0.25) is 5.10 Å². The molecule has 4 nitrogen and oxygen atoms in total. The molecule has 0 aliphatic heterocycles. The van der Waals surface area contributed by atoms with Crippen LogP contribution in [0.5, 0.6) is 0 Å². The third-order valence-electron chi connectivity index (χ3n) is 2.76. The first-order valence-electron chi connectivity index (χ1n) is 5.93. The summed E-state index contributed by atoms with van der Waals surface area (Å²) in [6.45, 7) is 2.05. The zero-order chi connectivity index (χ0) is 12.4. The van der Waals surface area contributed by atoms with E-state index in [1.54, 1.807) is 0 Å². The molecule has 2 aromatic heterocycles. The maximum Gasteiger partial charge on any atom is 0.192 e. The molecule has 0 bridgehead atoms. The Morgan fingerprint density at radius 2 is 1.94 bits per heavy atom. The molecule has 1 aromatic carbocycles. The molecule has 0 aliphatic rings. The number of H-pyrrole nitrogens is 1. The summed E-state index contributed by atoms with van der Waals surface area (Å²) in [4.78, 5) is 4.44. The van der Waals surface area contributed by atoms with Crippen LogP contribution in [0, 0.1) is 0 Å². The molecule has 4 heteroatoms. The van der Waals surface area contributed by atoms with Crippen LogP contribution in [0.1, 0.15) is 12.7 Å². The van der Waals surface area contributed by atoms with E-state index in [1.807, 2.05) is 42.5 Å². The lowest BCUT2D eigenvalue weighted by molar-refractivity contribution is 0.526. The fourth-order valence-electron chi connectivity index (χ4n) is 1.78. The summed E-state index contributed by atoms with van der Waals surface area (Å²) < 4.78 is 5.63. The summed E-state index contributed by atoms with van der Waals surface area (Å²) in [5.41, 5.74) is 0.988. The molecule has 0 radical (unpaired) electrons. The molecular formula is C14H13N3O. The van der Waals surface area contributed by atoms with E-state index in [-0.39, 0.29) is 0 Å². The number of nitrogens with one attached hydrogen (secondary N) is 1. The summed E-state index contributed by atoms with van der Waals surface area (Å²) in [5.74, 6) is 3.01. The molecule has 0 amide bonds. The highest BCUT2D eigenvalue weighted by Gasteiger charge is 2.10. The van der Waals surface area contributed by atoms with Gasteiger partial charge in [-0.1, -0.05) is 37.3 Å². The molecular weight excluding hydrogens is 226 g/mol. The van der Waals surface area contributed by atoms with Crippen molar-refractivity contribution >= 4 is 0 Å². The van der Waals surface area contributed by atoms with Gasteiger partial charge in [-0.2, -0.15) is 5.10 Å². The van der Waals surface area contributed by atoms with Crippen molar-refractivity contribution < 1.29 is 4.42 Å². The lowest BCUT2D eigenvalue weighted by atomic mass is 10.2. The highest BCUT2D eigenvalue weighted by Crippen LogP contribution is 2.21. The Labute approximate surface area is 105 Å². The molecule has 1 N–H and O–H groups in total. The van der Waals surface area contributed by atoms with Crippen LogP contribution in [-0.2, 0) is 6.42 Å². The third-order valence-corrected chi connectivity index (χ3v) is 2.76. The largest absolute Gasteiger partial charge is 0.458 e. The fraction of sp³-hybridized carbons (Fsp3) is 0.143. The summed E-state index contributed by atoms with van der Waals surface area (Å²) in [5, 5.41) is 7.10. The summed E-state index contributed by atoms with van der Waals surface area (Å²) in [6, 6.07) is 13.7.